The van der Waals surface area contributed by atoms with Gasteiger partial charge in [-0.25, -0.2) is 9.78 Å². The van der Waals surface area contributed by atoms with Crippen LogP contribution >= 0.6 is 0 Å². The van der Waals surface area contributed by atoms with E-state index in [-0.39, 0.29) is 0 Å². The molecule has 23 heavy (non-hydrogen) atoms. The van der Waals surface area contributed by atoms with Crippen LogP contribution < -0.4 is 10.6 Å². The van der Waals surface area contributed by atoms with Crippen molar-refractivity contribution in [3.05, 3.63) is 47.7 Å². The standard InChI is InChI=1S/C18H23N3O2/c1-12-8-13(2)10-15(9-12)20-16-7-6-14(11-19-16)21-17(22)23-18(3,4)5/h6-11H,1-5H3,(H,19,20)(H,21,22). The maximum atomic E-state index is 11.7. The SMILES string of the molecule is Cc1cc(C)cc(Nc2ccc(NC(=O)OC(C)(C)C)cn2)c1. The molecule has 0 fully saturated rings. The predicted octanol–water partition coefficient (Wildman–Crippen LogP) is 4.79. The van der Waals surface area contributed by atoms with Crippen LogP contribution in [0.1, 0.15) is 31.9 Å². The Bertz CT molecular complexity index is 668. The van der Waals surface area contributed by atoms with Gasteiger partial charge in [0.25, 0.3) is 0 Å². The first kappa shape index (κ1) is 16.8. The summed E-state index contributed by atoms with van der Waals surface area (Å²) in [5.41, 5.74) is 3.43. The van der Waals surface area contributed by atoms with E-state index in [2.05, 4.69) is 47.7 Å². The van der Waals surface area contributed by atoms with Crippen molar-refractivity contribution in [3.63, 3.8) is 0 Å². The Kier molecular flexibility index (Phi) is 4.89. The van der Waals surface area contributed by atoms with E-state index in [1.807, 2.05) is 26.8 Å². The molecule has 2 aromatic rings. The van der Waals surface area contributed by atoms with Gasteiger partial charge in [0.05, 0.1) is 11.9 Å². The Balaban J connectivity index is 2.00. The highest BCUT2D eigenvalue weighted by atomic mass is 16.6. The van der Waals surface area contributed by atoms with E-state index < -0.39 is 11.7 Å². The van der Waals surface area contributed by atoms with E-state index in [1.54, 1.807) is 12.3 Å². The zero-order valence-electron chi connectivity index (χ0n) is 14.2. The molecule has 0 aliphatic carbocycles. The lowest BCUT2D eigenvalue weighted by molar-refractivity contribution is 0.0636. The molecule has 2 N–H and O–H groups in total. The van der Waals surface area contributed by atoms with Gasteiger partial charge in [-0.15, -0.1) is 0 Å². The molecule has 1 aromatic carbocycles. The minimum absolute atomic E-state index is 0.491. The van der Waals surface area contributed by atoms with Crippen LogP contribution in [0.2, 0.25) is 0 Å². The number of nitrogens with zero attached hydrogens (tertiary/aromatic N) is 1. The number of carbonyl (C=O) groups excluding carboxylic acids is 1. The van der Waals surface area contributed by atoms with Crippen LogP contribution in [0.5, 0.6) is 0 Å². The van der Waals surface area contributed by atoms with Crippen molar-refractivity contribution in [2.45, 2.75) is 40.2 Å². The van der Waals surface area contributed by atoms with E-state index in [9.17, 15) is 4.79 Å². The largest absolute Gasteiger partial charge is 0.444 e. The zero-order chi connectivity index (χ0) is 17.0. The molecule has 0 spiro atoms. The van der Waals surface area contributed by atoms with Crippen LogP contribution in [0.4, 0.5) is 22.0 Å². The molecule has 122 valence electrons. The molecule has 0 saturated carbocycles. The van der Waals surface area contributed by atoms with E-state index in [0.717, 1.165) is 5.69 Å². The Morgan fingerprint density at radius 1 is 1.04 bits per heavy atom. The van der Waals surface area contributed by atoms with Crippen LogP contribution in [0.3, 0.4) is 0 Å². The smallest absolute Gasteiger partial charge is 0.412 e. The topological polar surface area (TPSA) is 63.2 Å². The van der Waals surface area contributed by atoms with Crippen molar-refractivity contribution >= 4 is 23.3 Å². The Labute approximate surface area is 137 Å². The molecular formula is C18H23N3O2. The fourth-order valence-electron chi connectivity index (χ4n) is 2.16. The molecule has 1 aromatic heterocycles. The molecule has 5 heteroatoms. The molecule has 5 nitrogen and oxygen atoms in total. The number of aryl methyl sites for hydroxylation is 2. The summed E-state index contributed by atoms with van der Waals surface area (Å²) in [4.78, 5) is 16.0. The molecule has 1 heterocycles. The molecule has 0 unspecified atom stereocenters. The third kappa shape index (κ3) is 5.62. The normalized spacial score (nSPS) is 11.0. The molecular weight excluding hydrogens is 290 g/mol. The number of ether oxygens (including phenoxy) is 1. The number of carbonyl (C=O) groups is 1. The predicted molar refractivity (Wildman–Crippen MR) is 93.3 cm³/mol. The zero-order valence-corrected chi connectivity index (χ0v) is 14.2. The van der Waals surface area contributed by atoms with Crippen molar-refractivity contribution in [3.8, 4) is 0 Å². The first-order valence-electron chi connectivity index (χ1n) is 7.53. The van der Waals surface area contributed by atoms with Crippen molar-refractivity contribution in [2.75, 3.05) is 10.6 Å². The summed E-state index contributed by atoms with van der Waals surface area (Å²) in [6.45, 7) is 9.57. The van der Waals surface area contributed by atoms with Crippen molar-refractivity contribution < 1.29 is 9.53 Å². The summed E-state index contributed by atoms with van der Waals surface area (Å²) in [6.07, 6.45) is 1.10. The third-order valence-electron chi connectivity index (χ3n) is 2.90. The number of anilines is 3. The van der Waals surface area contributed by atoms with Crippen molar-refractivity contribution in [1.29, 1.82) is 0 Å². The number of hydrogen-bond acceptors (Lipinski definition) is 4. The van der Waals surface area contributed by atoms with Crippen molar-refractivity contribution in [1.82, 2.24) is 4.98 Å². The second-order valence-electron chi connectivity index (χ2n) is 6.56. The van der Waals surface area contributed by atoms with Crippen molar-refractivity contribution in [2.24, 2.45) is 0 Å². The average molecular weight is 313 g/mol. The van der Waals surface area contributed by atoms with Gasteiger partial charge in [0.2, 0.25) is 0 Å². The number of hydrogen-bond donors (Lipinski definition) is 2. The maximum absolute atomic E-state index is 11.7. The molecule has 0 aliphatic heterocycles. The maximum Gasteiger partial charge on any atom is 0.412 e. The lowest BCUT2D eigenvalue weighted by Gasteiger charge is -2.19. The van der Waals surface area contributed by atoms with Gasteiger partial charge in [-0.3, -0.25) is 5.32 Å². The van der Waals surface area contributed by atoms with Gasteiger partial charge in [-0.2, -0.15) is 0 Å². The number of amides is 1. The summed E-state index contributed by atoms with van der Waals surface area (Å²) in [5.74, 6) is 0.713. The third-order valence-corrected chi connectivity index (χ3v) is 2.90. The average Bonchev–Trinajstić information content (AvgIpc) is 2.37. The van der Waals surface area contributed by atoms with E-state index in [1.165, 1.54) is 11.1 Å². The van der Waals surface area contributed by atoms with Gasteiger partial charge in [-0.1, -0.05) is 6.07 Å². The number of benzene rings is 1. The summed E-state index contributed by atoms with van der Waals surface area (Å²) >= 11 is 0. The quantitative estimate of drug-likeness (QED) is 0.855. The van der Waals surface area contributed by atoms with Gasteiger partial charge in [-0.05, 0) is 70.0 Å². The van der Waals surface area contributed by atoms with Gasteiger partial charge in [0.15, 0.2) is 0 Å². The summed E-state index contributed by atoms with van der Waals surface area (Å²) in [7, 11) is 0. The lowest BCUT2D eigenvalue weighted by Crippen LogP contribution is -2.27. The van der Waals surface area contributed by atoms with E-state index in [4.69, 9.17) is 4.74 Å². The molecule has 1 amide bonds. The highest BCUT2D eigenvalue weighted by Gasteiger charge is 2.16. The highest BCUT2D eigenvalue weighted by Crippen LogP contribution is 2.19. The number of pyridine rings is 1. The number of aromatic nitrogens is 1. The monoisotopic (exact) mass is 313 g/mol. The fourth-order valence-corrected chi connectivity index (χ4v) is 2.16. The summed E-state index contributed by atoms with van der Waals surface area (Å²) < 4.78 is 5.20. The van der Waals surface area contributed by atoms with Gasteiger partial charge >= 0.3 is 6.09 Å². The lowest BCUT2D eigenvalue weighted by atomic mass is 10.1. The molecule has 2 rings (SSSR count). The fraction of sp³-hybridized carbons (Fsp3) is 0.333. The van der Waals surface area contributed by atoms with Gasteiger partial charge in [0, 0.05) is 5.69 Å². The molecule has 0 aliphatic rings. The molecule has 0 bridgehead atoms. The van der Waals surface area contributed by atoms with Crippen LogP contribution in [0, 0.1) is 13.8 Å². The first-order chi connectivity index (χ1) is 10.7. The number of nitrogens with one attached hydrogen (secondary N) is 2. The van der Waals surface area contributed by atoms with Crippen LogP contribution in [0.15, 0.2) is 36.5 Å². The second kappa shape index (κ2) is 6.69. The minimum atomic E-state index is -0.526. The Morgan fingerprint density at radius 2 is 1.70 bits per heavy atom. The van der Waals surface area contributed by atoms with Gasteiger partial charge < -0.3 is 10.1 Å². The first-order valence-corrected chi connectivity index (χ1v) is 7.53. The molecule has 0 saturated heterocycles. The van der Waals surface area contributed by atoms with Crippen LogP contribution in [0.25, 0.3) is 0 Å². The molecule has 0 radical (unpaired) electrons. The second-order valence-corrected chi connectivity index (χ2v) is 6.56. The van der Waals surface area contributed by atoms with Crippen LogP contribution in [-0.2, 0) is 4.74 Å². The minimum Gasteiger partial charge on any atom is -0.444 e. The van der Waals surface area contributed by atoms with Gasteiger partial charge in [0.1, 0.15) is 11.4 Å². The Morgan fingerprint density at radius 3 is 2.22 bits per heavy atom. The number of rotatable bonds is 3. The highest BCUT2D eigenvalue weighted by molar-refractivity contribution is 5.84. The van der Waals surface area contributed by atoms with Crippen LogP contribution in [-0.4, -0.2) is 16.7 Å². The Hall–Kier alpha value is -2.56. The van der Waals surface area contributed by atoms with E-state index >= 15 is 0 Å². The summed E-state index contributed by atoms with van der Waals surface area (Å²) in [5, 5.41) is 5.91. The molecule has 0 atom stereocenters. The summed E-state index contributed by atoms with van der Waals surface area (Å²) in [6, 6.07) is 9.82. The van der Waals surface area contributed by atoms with E-state index in [0.29, 0.717) is 11.5 Å².